The molecule has 2 aromatic rings. The third-order valence-electron chi connectivity index (χ3n) is 4.94. The zero-order chi connectivity index (χ0) is 15.4. The molecule has 22 heavy (non-hydrogen) atoms. The average molecular weight is 292 g/mol. The molecule has 0 aromatic heterocycles. The van der Waals surface area contributed by atoms with Gasteiger partial charge >= 0.3 is 0 Å². The van der Waals surface area contributed by atoms with Crippen LogP contribution in [0.5, 0.6) is 0 Å². The molecule has 0 radical (unpaired) electrons. The highest BCUT2D eigenvalue weighted by Gasteiger charge is 2.29. The number of Topliss-reactive ketones (excluding diaryl/α,β-unsaturated/α-hetero) is 1. The summed E-state index contributed by atoms with van der Waals surface area (Å²) in [6, 6.07) is 21.0. The molecule has 1 aliphatic rings. The molecule has 0 heterocycles. The fraction of sp³-hybridized carbons (Fsp3) is 0.381. The number of ketones is 1. The average Bonchev–Trinajstić information content (AvgIpc) is 2.55. The summed E-state index contributed by atoms with van der Waals surface area (Å²) in [4.78, 5) is 12.8. The molecule has 0 aliphatic heterocycles. The molecule has 0 spiro atoms. The van der Waals surface area contributed by atoms with Crippen LogP contribution in [-0.4, -0.2) is 5.78 Å². The van der Waals surface area contributed by atoms with Crippen molar-refractivity contribution in [3.05, 3.63) is 71.8 Å². The Bertz CT molecular complexity index is 602. The van der Waals surface area contributed by atoms with Crippen LogP contribution in [0.3, 0.4) is 0 Å². The van der Waals surface area contributed by atoms with Crippen molar-refractivity contribution in [1.82, 2.24) is 0 Å². The van der Waals surface area contributed by atoms with Gasteiger partial charge in [-0.15, -0.1) is 0 Å². The molecule has 3 atom stereocenters. The van der Waals surface area contributed by atoms with Gasteiger partial charge in [-0.05, 0) is 42.2 Å². The quantitative estimate of drug-likeness (QED) is 0.731. The van der Waals surface area contributed by atoms with Gasteiger partial charge in [0.2, 0.25) is 0 Å². The molecule has 1 fully saturated rings. The van der Waals surface area contributed by atoms with Gasteiger partial charge < -0.3 is 0 Å². The van der Waals surface area contributed by atoms with E-state index in [4.69, 9.17) is 0 Å². The van der Waals surface area contributed by atoms with Crippen LogP contribution in [0.2, 0.25) is 0 Å². The Morgan fingerprint density at radius 1 is 0.818 bits per heavy atom. The van der Waals surface area contributed by atoms with E-state index >= 15 is 0 Å². The molecule has 3 rings (SSSR count). The monoisotopic (exact) mass is 292 g/mol. The SMILES string of the molecule is C[C@@H]1CC[C@H](c2ccccc2)C[C@H](c2ccccc2)C(=O)C1. The first kappa shape index (κ1) is 15.0. The van der Waals surface area contributed by atoms with Crippen molar-refractivity contribution >= 4 is 5.78 Å². The van der Waals surface area contributed by atoms with Crippen LogP contribution < -0.4 is 0 Å². The van der Waals surface area contributed by atoms with Gasteiger partial charge in [0.15, 0.2) is 0 Å². The summed E-state index contributed by atoms with van der Waals surface area (Å²) in [7, 11) is 0. The van der Waals surface area contributed by atoms with Crippen molar-refractivity contribution < 1.29 is 4.79 Å². The van der Waals surface area contributed by atoms with E-state index in [0.717, 1.165) is 19.3 Å². The number of hydrogen-bond acceptors (Lipinski definition) is 1. The van der Waals surface area contributed by atoms with E-state index in [9.17, 15) is 4.79 Å². The van der Waals surface area contributed by atoms with Crippen LogP contribution in [0.4, 0.5) is 0 Å². The van der Waals surface area contributed by atoms with E-state index < -0.39 is 0 Å². The summed E-state index contributed by atoms with van der Waals surface area (Å²) in [5.41, 5.74) is 2.56. The fourth-order valence-electron chi connectivity index (χ4n) is 3.64. The second-order valence-electron chi connectivity index (χ2n) is 6.66. The molecule has 1 nitrogen and oxygen atoms in total. The van der Waals surface area contributed by atoms with Gasteiger partial charge in [0, 0.05) is 12.3 Å². The van der Waals surface area contributed by atoms with E-state index in [0.29, 0.717) is 17.6 Å². The highest BCUT2D eigenvalue weighted by atomic mass is 16.1. The highest BCUT2D eigenvalue weighted by Crippen LogP contribution is 2.38. The minimum Gasteiger partial charge on any atom is -0.299 e. The van der Waals surface area contributed by atoms with Gasteiger partial charge in [-0.1, -0.05) is 67.6 Å². The molecule has 114 valence electrons. The first-order chi connectivity index (χ1) is 10.7. The summed E-state index contributed by atoms with van der Waals surface area (Å²) >= 11 is 0. The summed E-state index contributed by atoms with van der Waals surface area (Å²) in [5.74, 6) is 1.44. The molecular weight excluding hydrogens is 268 g/mol. The number of rotatable bonds is 2. The third kappa shape index (κ3) is 3.47. The summed E-state index contributed by atoms with van der Waals surface area (Å²) in [6.45, 7) is 2.22. The fourth-order valence-corrected chi connectivity index (χ4v) is 3.64. The van der Waals surface area contributed by atoms with Gasteiger partial charge in [0.25, 0.3) is 0 Å². The van der Waals surface area contributed by atoms with Crippen LogP contribution in [-0.2, 0) is 4.79 Å². The van der Waals surface area contributed by atoms with E-state index in [1.165, 1.54) is 17.5 Å². The Kier molecular flexibility index (Phi) is 4.72. The minimum atomic E-state index is 0.0501. The predicted molar refractivity (Wildman–Crippen MR) is 91.0 cm³/mol. The van der Waals surface area contributed by atoms with Crippen molar-refractivity contribution in [2.24, 2.45) is 5.92 Å². The predicted octanol–water partition coefficient (Wildman–Crippen LogP) is 5.33. The largest absolute Gasteiger partial charge is 0.299 e. The summed E-state index contributed by atoms with van der Waals surface area (Å²) in [5, 5.41) is 0. The second-order valence-corrected chi connectivity index (χ2v) is 6.66. The molecule has 1 aliphatic carbocycles. The molecule has 0 unspecified atom stereocenters. The Hall–Kier alpha value is -1.89. The second kappa shape index (κ2) is 6.91. The van der Waals surface area contributed by atoms with Gasteiger partial charge in [0.1, 0.15) is 5.78 Å². The van der Waals surface area contributed by atoms with Crippen molar-refractivity contribution in [1.29, 1.82) is 0 Å². The van der Waals surface area contributed by atoms with Gasteiger partial charge in [-0.25, -0.2) is 0 Å². The van der Waals surface area contributed by atoms with Gasteiger partial charge in [-0.3, -0.25) is 4.79 Å². The van der Waals surface area contributed by atoms with Crippen molar-refractivity contribution in [2.75, 3.05) is 0 Å². The standard InChI is InChI=1S/C21H24O/c1-16-12-13-19(17-8-4-2-5-9-17)15-20(21(22)14-16)18-10-6-3-7-11-18/h2-11,16,19-20H,12-15H2,1H3/t16-,19+,20-/m1/s1. The number of carbonyl (C=O) groups excluding carboxylic acids is 1. The zero-order valence-corrected chi connectivity index (χ0v) is 13.2. The number of benzene rings is 2. The van der Waals surface area contributed by atoms with E-state index in [-0.39, 0.29) is 5.92 Å². The zero-order valence-electron chi connectivity index (χ0n) is 13.2. The molecule has 1 heteroatoms. The van der Waals surface area contributed by atoms with Crippen molar-refractivity contribution in [2.45, 2.75) is 44.4 Å². The Morgan fingerprint density at radius 3 is 2.05 bits per heavy atom. The van der Waals surface area contributed by atoms with Crippen LogP contribution in [0, 0.1) is 5.92 Å². The normalized spacial score (nSPS) is 26.2. The summed E-state index contributed by atoms with van der Waals surface area (Å²) in [6.07, 6.45) is 4.00. The number of carbonyl (C=O) groups is 1. The van der Waals surface area contributed by atoms with Gasteiger partial charge in [-0.2, -0.15) is 0 Å². The van der Waals surface area contributed by atoms with Crippen LogP contribution in [0.25, 0.3) is 0 Å². The lowest BCUT2D eigenvalue weighted by atomic mass is 9.75. The molecule has 0 bridgehead atoms. The first-order valence-corrected chi connectivity index (χ1v) is 8.36. The van der Waals surface area contributed by atoms with E-state index in [1.54, 1.807) is 0 Å². The van der Waals surface area contributed by atoms with Crippen LogP contribution in [0.15, 0.2) is 60.7 Å². The number of hydrogen-bond donors (Lipinski definition) is 0. The Balaban J connectivity index is 1.91. The van der Waals surface area contributed by atoms with Crippen molar-refractivity contribution in [3.63, 3.8) is 0 Å². The minimum absolute atomic E-state index is 0.0501. The van der Waals surface area contributed by atoms with E-state index in [2.05, 4.69) is 49.4 Å². The lowest BCUT2D eigenvalue weighted by Gasteiger charge is -2.28. The molecule has 0 amide bonds. The lowest BCUT2D eigenvalue weighted by molar-refractivity contribution is -0.122. The van der Waals surface area contributed by atoms with Crippen LogP contribution in [0.1, 0.15) is 55.6 Å². The maximum Gasteiger partial charge on any atom is 0.140 e. The highest BCUT2D eigenvalue weighted by molar-refractivity contribution is 5.86. The third-order valence-corrected chi connectivity index (χ3v) is 4.94. The molecule has 0 N–H and O–H groups in total. The molecular formula is C21H24O. The molecule has 2 aromatic carbocycles. The molecule has 0 saturated heterocycles. The Labute approximate surface area is 133 Å². The first-order valence-electron chi connectivity index (χ1n) is 8.36. The summed E-state index contributed by atoms with van der Waals surface area (Å²) < 4.78 is 0. The Morgan fingerprint density at radius 2 is 1.41 bits per heavy atom. The smallest absolute Gasteiger partial charge is 0.140 e. The maximum atomic E-state index is 12.8. The molecule has 1 saturated carbocycles. The van der Waals surface area contributed by atoms with Crippen molar-refractivity contribution in [3.8, 4) is 0 Å². The lowest BCUT2D eigenvalue weighted by Crippen LogP contribution is -2.21. The maximum absolute atomic E-state index is 12.8. The van der Waals surface area contributed by atoms with Crippen LogP contribution >= 0.6 is 0 Å². The van der Waals surface area contributed by atoms with Gasteiger partial charge in [0.05, 0.1) is 0 Å². The topological polar surface area (TPSA) is 17.1 Å². The van der Waals surface area contributed by atoms with E-state index in [1.807, 2.05) is 18.2 Å².